The molecule has 2 N–H and O–H groups in total. The predicted molar refractivity (Wildman–Crippen MR) is 78.1 cm³/mol. The molecule has 0 spiro atoms. The SMILES string of the molecule is COC(=O)CN(C(=O)C1(C(N)=S)CCOCC1)C(C)C. The Morgan fingerprint density at radius 1 is 1.40 bits per heavy atom. The molecule has 1 rings (SSSR count). The molecule has 0 aromatic rings. The Hall–Kier alpha value is -1.21. The predicted octanol–water partition coefficient (Wildman–Crippen LogP) is 0.479. The normalized spacial score (nSPS) is 17.6. The van der Waals surface area contributed by atoms with Crippen LogP contribution in [-0.4, -0.2) is 54.7 Å². The highest BCUT2D eigenvalue weighted by Crippen LogP contribution is 2.34. The van der Waals surface area contributed by atoms with Crippen molar-refractivity contribution in [2.45, 2.75) is 32.7 Å². The van der Waals surface area contributed by atoms with Gasteiger partial charge in [0.2, 0.25) is 5.91 Å². The van der Waals surface area contributed by atoms with E-state index in [1.54, 1.807) is 0 Å². The molecule has 20 heavy (non-hydrogen) atoms. The maximum absolute atomic E-state index is 12.8. The Morgan fingerprint density at radius 3 is 2.35 bits per heavy atom. The molecule has 0 atom stereocenters. The number of methoxy groups -OCH3 is 1. The third kappa shape index (κ3) is 3.46. The van der Waals surface area contributed by atoms with E-state index in [1.165, 1.54) is 12.0 Å². The lowest BCUT2D eigenvalue weighted by molar-refractivity contribution is -0.153. The number of rotatable bonds is 5. The standard InChI is InChI=1S/C13H22N2O4S/c1-9(2)15(8-10(16)18-3)12(17)13(11(14)20)4-6-19-7-5-13/h9H,4-8H2,1-3H3,(H2,14,20). The van der Waals surface area contributed by atoms with E-state index in [0.717, 1.165) is 0 Å². The molecule has 6 nitrogen and oxygen atoms in total. The minimum Gasteiger partial charge on any atom is -0.468 e. The van der Waals surface area contributed by atoms with Gasteiger partial charge in [0.15, 0.2) is 0 Å². The molecule has 1 amide bonds. The van der Waals surface area contributed by atoms with Crippen molar-refractivity contribution in [3.8, 4) is 0 Å². The number of amides is 1. The Morgan fingerprint density at radius 2 is 1.95 bits per heavy atom. The number of carbonyl (C=O) groups excluding carboxylic acids is 2. The second-order valence-electron chi connectivity index (χ2n) is 5.16. The Balaban J connectivity index is 3.01. The third-order valence-corrected chi connectivity index (χ3v) is 4.03. The highest BCUT2D eigenvalue weighted by Gasteiger charge is 2.46. The topological polar surface area (TPSA) is 81.9 Å². The number of carbonyl (C=O) groups is 2. The molecule has 1 heterocycles. The van der Waals surface area contributed by atoms with Crippen LogP contribution >= 0.6 is 12.2 Å². The van der Waals surface area contributed by atoms with Crippen molar-refractivity contribution in [1.82, 2.24) is 4.90 Å². The van der Waals surface area contributed by atoms with Gasteiger partial charge in [-0.3, -0.25) is 9.59 Å². The van der Waals surface area contributed by atoms with E-state index < -0.39 is 11.4 Å². The van der Waals surface area contributed by atoms with Crippen LogP contribution < -0.4 is 5.73 Å². The molecule has 0 aromatic heterocycles. The Bertz CT molecular complexity index is 392. The molecular formula is C13H22N2O4S. The summed E-state index contributed by atoms with van der Waals surface area (Å²) in [6.07, 6.45) is 0.900. The maximum atomic E-state index is 12.8. The monoisotopic (exact) mass is 302 g/mol. The van der Waals surface area contributed by atoms with Gasteiger partial charge in [-0.15, -0.1) is 0 Å². The summed E-state index contributed by atoms with van der Waals surface area (Å²) in [6, 6.07) is -0.143. The van der Waals surface area contributed by atoms with Gasteiger partial charge in [-0.1, -0.05) is 12.2 Å². The van der Waals surface area contributed by atoms with Crippen molar-refractivity contribution in [3.05, 3.63) is 0 Å². The molecule has 0 unspecified atom stereocenters. The maximum Gasteiger partial charge on any atom is 0.325 e. The summed E-state index contributed by atoms with van der Waals surface area (Å²) in [4.78, 5) is 26.0. The lowest BCUT2D eigenvalue weighted by Crippen LogP contribution is -2.56. The summed E-state index contributed by atoms with van der Waals surface area (Å²) in [6.45, 7) is 4.46. The van der Waals surface area contributed by atoms with Crippen LogP contribution in [0.5, 0.6) is 0 Å². The van der Waals surface area contributed by atoms with Crippen LogP contribution in [0.15, 0.2) is 0 Å². The van der Waals surface area contributed by atoms with E-state index in [4.69, 9.17) is 22.7 Å². The van der Waals surface area contributed by atoms with E-state index in [1.807, 2.05) is 13.8 Å². The van der Waals surface area contributed by atoms with Crippen molar-refractivity contribution in [1.29, 1.82) is 0 Å². The molecule has 1 aliphatic rings. The minimum atomic E-state index is -0.911. The second kappa shape index (κ2) is 6.99. The van der Waals surface area contributed by atoms with E-state index >= 15 is 0 Å². The van der Waals surface area contributed by atoms with E-state index in [2.05, 4.69) is 4.74 Å². The molecule has 0 radical (unpaired) electrons. The Kier molecular flexibility index (Phi) is 5.88. The van der Waals surface area contributed by atoms with Crippen LogP contribution in [0.3, 0.4) is 0 Å². The highest BCUT2D eigenvalue weighted by molar-refractivity contribution is 7.80. The largest absolute Gasteiger partial charge is 0.468 e. The number of hydrogen-bond donors (Lipinski definition) is 1. The number of thiocarbonyl (C=S) groups is 1. The van der Waals surface area contributed by atoms with Crippen molar-refractivity contribution >= 4 is 29.1 Å². The first kappa shape index (κ1) is 16.8. The van der Waals surface area contributed by atoms with Crippen LogP contribution in [-0.2, 0) is 19.1 Å². The van der Waals surface area contributed by atoms with Gasteiger partial charge in [0.1, 0.15) is 12.0 Å². The second-order valence-corrected chi connectivity index (χ2v) is 5.60. The van der Waals surface area contributed by atoms with Gasteiger partial charge >= 0.3 is 5.97 Å². The molecule has 0 bridgehead atoms. The molecule has 1 fully saturated rings. The third-order valence-electron chi connectivity index (χ3n) is 3.64. The fourth-order valence-electron chi connectivity index (χ4n) is 2.25. The van der Waals surface area contributed by atoms with Crippen molar-refractivity contribution in [2.75, 3.05) is 26.9 Å². The van der Waals surface area contributed by atoms with Crippen LogP contribution in [0.1, 0.15) is 26.7 Å². The van der Waals surface area contributed by atoms with Crippen LogP contribution in [0, 0.1) is 5.41 Å². The summed E-state index contributed by atoms with van der Waals surface area (Å²) < 4.78 is 9.93. The molecule has 114 valence electrons. The zero-order chi connectivity index (χ0) is 15.3. The summed E-state index contributed by atoms with van der Waals surface area (Å²) in [5.74, 6) is -0.675. The Labute approximate surface area is 124 Å². The average Bonchev–Trinajstić information content (AvgIpc) is 2.43. The first-order chi connectivity index (χ1) is 9.35. The molecule has 1 saturated heterocycles. The highest BCUT2D eigenvalue weighted by atomic mass is 32.1. The number of nitrogens with two attached hydrogens (primary N) is 1. The van der Waals surface area contributed by atoms with Crippen molar-refractivity contribution in [3.63, 3.8) is 0 Å². The number of nitrogens with zero attached hydrogens (tertiary/aromatic N) is 1. The molecule has 0 aliphatic carbocycles. The van der Waals surface area contributed by atoms with E-state index in [0.29, 0.717) is 26.1 Å². The first-order valence-corrected chi connectivity index (χ1v) is 7.01. The number of esters is 1. The van der Waals surface area contributed by atoms with E-state index in [9.17, 15) is 9.59 Å². The zero-order valence-corrected chi connectivity index (χ0v) is 13.0. The molecule has 0 aromatic carbocycles. The van der Waals surface area contributed by atoms with Crippen LogP contribution in [0.25, 0.3) is 0 Å². The zero-order valence-electron chi connectivity index (χ0n) is 12.2. The van der Waals surface area contributed by atoms with E-state index in [-0.39, 0.29) is 23.5 Å². The van der Waals surface area contributed by atoms with Gasteiger partial charge < -0.3 is 20.1 Å². The van der Waals surface area contributed by atoms with Gasteiger partial charge in [-0.25, -0.2) is 0 Å². The fourth-order valence-corrected chi connectivity index (χ4v) is 2.54. The minimum absolute atomic E-state index is 0.0990. The summed E-state index contributed by atoms with van der Waals surface area (Å²) >= 11 is 5.11. The molecule has 1 aliphatic heterocycles. The fraction of sp³-hybridized carbons (Fsp3) is 0.769. The van der Waals surface area contributed by atoms with Gasteiger partial charge in [0.25, 0.3) is 0 Å². The summed E-state index contributed by atoms with van der Waals surface area (Å²) in [5.41, 5.74) is 4.91. The molecular weight excluding hydrogens is 280 g/mol. The van der Waals surface area contributed by atoms with Gasteiger partial charge in [-0.2, -0.15) is 0 Å². The summed E-state index contributed by atoms with van der Waals surface area (Å²) in [7, 11) is 1.29. The molecule has 0 saturated carbocycles. The quantitative estimate of drug-likeness (QED) is 0.587. The summed E-state index contributed by atoms with van der Waals surface area (Å²) in [5, 5.41) is 0. The van der Waals surface area contributed by atoms with Crippen molar-refractivity contribution in [2.24, 2.45) is 11.1 Å². The van der Waals surface area contributed by atoms with Gasteiger partial charge in [0.05, 0.1) is 12.1 Å². The average molecular weight is 302 g/mol. The lowest BCUT2D eigenvalue weighted by Gasteiger charge is -2.40. The van der Waals surface area contributed by atoms with Crippen molar-refractivity contribution < 1.29 is 19.1 Å². The van der Waals surface area contributed by atoms with Gasteiger partial charge in [-0.05, 0) is 26.7 Å². The van der Waals surface area contributed by atoms with Gasteiger partial charge in [0, 0.05) is 19.3 Å². The number of ether oxygens (including phenoxy) is 2. The number of hydrogen-bond acceptors (Lipinski definition) is 5. The van der Waals surface area contributed by atoms with Crippen LogP contribution in [0.2, 0.25) is 0 Å². The lowest BCUT2D eigenvalue weighted by atomic mass is 9.78. The first-order valence-electron chi connectivity index (χ1n) is 6.60. The van der Waals surface area contributed by atoms with Crippen LogP contribution in [0.4, 0.5) is 0 Å². The molecule has 7 heteroatoms. The smallest absolute Gasteiger partial charge is 0.325 e.